The number of nitro benzene ring substituents is 1. The summed E-state index contributed by atoms with van der Waals surface area (Å²) in [7, 11) is -4.00. The highest BCUT2D eigenvalue weighted by Crippen LogP contribution is 2.29. The topological polar surface area (TPSA) is 119 Å². The van der Waals surface area contributed by atoms with E-state index in [9.17, 15) is 18.5 Å². The van der Waals surface area contributed by atoms with E-state index in [2.05, 4.69) is 29.3 Å². The molecule has 0 saturated carbocycles. The van der Waals surface area contributed by atoms with Crippen LogP contribution in [-0.2, 0) is 16.6 Å². The van der Waals surface area contributed by atoms with Crippen LogP contribution in [0.2, 0.25) is 0 Å². The van der Waals surface area contributed by atoms with Crippen molar-refractivity contribution in [3.05, 3.63) is 64.2 Å². The first-order valence-electron chi connectivity index (χ1n) is 8.58. The molecule has 9 heteroatoms. The zero-order valence-corrected chi connectivity index (χ0v) is 15.7. The van der Waals surface area contributed by atoms with Crippen molar-refractivity contribution in [2.24, 2.45) is 11.1 Å². The lowest BCUT2D eigenvalue weighted by atomic mass is 10.1. The van der Waals surface area contributed by atoms with Gasteiger partial charge in [0.1, 0.15) is 4.90 Å². The van der Waals surface area contributed by atoms with Crippen molar-refractivity contribution in [1.82, 2.24) is 4.90 Å². The number of nitrogens with zero attached hydrogens (tertiary/aromatic N) is 2. The third-order valence-electron chi connectivity index (χ3n) is 4.76. The van der Waals surface area contributed by atoms with Crippen molar-refractivity contribution in [2.45, 2.75) is 24.4 Å². The van der Waals surface area contributed by atoms with E-state index in [1.54, 1.807) is 0 Å². The molecule has 2 aromatic rings. The summed E-state index contributed by atoms with van der Waals surface area (Å²) in [6.45, 7) is 4.39. The predicted molar refractivity (Wildman–Crippen MR) is 103 cm³/mol. The van der Waals surface area contributed by atoms with Gasteiger partial charge in [-0.25, -0.2) is 13.6 Å². The van der Waals surface area contributed by atoms with Gasteiger partial charge in [0.25, 0.3) is 5.69 Å². The van der Waals surface area contributed by atoms with Crippen LogP contribution in [-0.4, -0.2) is 37.4 Å². The zero-order valence-electron chi connectivity index (χ0n) is 14.9. The predicted octanol–water partition coefficient (Wildman–Crippen LogP) is 2.17. The number of nitro groups is 1. The molecule has 0 spiro atoms. The third kappa shape index (κ3) is 4.62. The Morgan fingerprint density at radius 3 is 2.56 bits per heavy atom. The maximum Gasteiger partial charge on any atom is 0.271 e. The molecule has 8 nitrogen and oxygen atoms in total. The molecule has 27 heavy (non-hydrogen) atoms. The number of hydrogen-bond donors (Lipinski definition) is 2. The lowest BCUT2D eigenvalue weighted by Crippen LogP contribution is -2.29. The molecule has 0 aliphatic carbocycles. The number of nitrogens with one attached hydrogen (secondary N) is 1. The number of primary sulfonamides is 1. The molecular weight excluding hydrogens is 368 g/mol. The fourth-order valence-electron chi connectivity index (χ4n) is 3.42. The van der Waals surface area contributed by atoms with Gasteiger partial charge in [0.05, 0.1) is 10.6 Å². The van der Waals surface area contributed by atoms with Crippen molar-refractivity contribution in [3.63, 3.8) is 0 Å². The summed E-state index contributed by atoms with van der Waals surface area (Å²) in [5.74, 6) is 0.237. The Labute approximate surface area is 158 Å². The SMILES string of the molecule is CC1CN(Cc2ccccc2)CC1Nc1cc([N+](=O)[O-])ccc1S(N)(=O)=O. The maximum absolute atomic E-state index is 11.9. The van der Waals surface area contributed by atoms with E-state index in [1.165, 1.54) is 17.7 Å². The van der Waals surface area contributed by atoms with Gasteiger partial charge in [-0.2, -0.15) is 0 Å². The quantitative estimate of drug-likeness (QED) is 0.576. The lowest BCUT2D eigenvalue weighted by Gasteiger charge is -2.20. The number of non-ortho nitro benzene ring substituents is 1. The summed E-state index contributed by atoms with van der Waals surface area (Å²) in [6.07, 6.45) is 0. The van der Waals surface area contributed by atoms with E-state index in [4.69, 9.17) is 5.14 Å². The molecule has 0 radical (unpaired) electrons. The van der Waals surface area contributed by atoms with Crippen LogP contribution in [0, 0.1) is 16.0 Å². The van der Waals surface area contributed by atoms with Crippen LogP contribution in [0.15, 0.2) is 53.4 Å². The van der Waals surface area contributed by atoms with Crippen LogP contribution in [0.5, 0.6) is 0 Å². The zero-order chi connectivity index (χ0) is 19.6. The molecule has 3 rings (SSSR count). The van der Waals surface area contributed by atoms with Crippen molar-refractivity contribution in [2.75, 3.05) is 18.4 Å². The molecule has 1 aliphatic rings. The molecule has 0 aromatic heterocycles. The van der Waals surface area contributed by atoms with Gasteiger partial charge in [-0.3, -0.25) is 15.0 Å². The van der Waals surface area contributed by atoms with Crippen molar-refractivity contribution >= 4 is 21.4 Å². The highest BCUT2D eigenvalue weighted by atomic mass is 32.2. The van der Waals surface area contributed by atoms with E-state index in [0.29, 0.717) is 6.54 Å². The molecule has 1 aliphatic heterocycles. The number of sulfonamides is 1. The molecular formula is C18H22N4O4S. The van der Waals surface area contributed by atoms with Crippen LogP contribution >= 0.6 is 0 Å². The smallest absolute Gasteiger partial charge is 0.271 e. The first-order valence-corrected chi connectivity index (χ1v) is 10.1. The van der Waals surface area contributed by atoms with Crippen molar-refractivity contribution < 1.29 is 13.3 Å². The maximum atomic E-state index is 11.9. The number of hydrogen-bond acceptors (Lipinski definition) is 6. The second-order valence-corrected chi connectivity index (χ2v) is 8.42. The van der Waals surface area contributed by atoms with Gasteiger partial charge in [-0.15, -0.1) is 0 Å². The molecule has 2 aromatic carbocycles. The van der Waals surface area contributed by atoms with Crippen molar-refractivity contribution in [3.8, 4) is 0 Å². The Morgan fingerprint density at radius 2 is 1.93 bits per heavy atom. The normalized spacial score (nSPS) is 20.5. The van der Waals surface area contributed by atoms with Crippen molar-refractivity contribution in [1.29, 1.82) is 0 Å². The number of benzene rings is 2. The van der Waals surface area contributed by atoms with E-state index < -0.39 is 14.9 Å². The fourth-order valence-corrected chi connectivity index (χ4v) is 4.10. The molecule has 3 N–H and O–H groups in total. The highest BCUT2D eigenvalue weighted by Gasteiger charge is 2.31. The van der Waals surface area contributed by atoms with Gasteiger partial charge in [-0.05, 0) is 17.5 Å². The highest BCUT2D eigenvalue weighted by molar-refractivity contribution is 7.89. The van der Waals surface area contributed by atoms with Gasteiger partial charge in [0.15, 0.2) is 0 Å². The summed E-state index contributed by atoms with van der Waals surface area (Å²) < 4.78 is 23.7. The number of nitrogens with two attached hydrogens (primary N) is 1. The minimum atomic E-state index is -4.00. The summed E-state index contributed by atoms with van der Waals surface area (Å²) in [6, 6.07) is 13.6. The van der Waals surface area contributed by atoms with E-state index in [1.807, 2.05) is 18.2 Å². The third-order valence-corrected chi connectivity index (χ3v) is 5.73. The fraction of sp³-hybridized carbons (Fsp3) is 0.333. The summed E-state index contributed by atoms with van der Waals surface area (Å²) >= 11 is 0. The Morgan fingerprint density at radius 1 is 1.22 bits per heavy atom. The average Bonchev–Trinajstić information content (AvgIpc) is 2.93. The van der Waals surface area contributed by atoms with Gasteiger partial charge >= 0.3 is 0 Å². The van der Waals surface area contributed by atoms with Gasteiger partial charge in [-0.1, -0.05) is 37.3 Å². The van der Waals surface area contributed by atoms with E-state index in [-0.39, 0.29) is 28.2 Å². The molecule has 0 amide bonds. The Kier molecular flexibility index (Phi) is 5.45. The van der Waals surface area contributed by atoms with E-state index >= 15 is 0 Å². The minimum absolute atomic E-state index is 0.0452. The second-order valence-electron chi connectivity index (χ2n) is 6.89. The lowest BCUT2D eigenvalue weighted by molar-refractivity contribution is -0.384. The molecule has 1 saturated heterocycles. The molecule has 1 fully saturated rings. The Bertz CT molecular complexity index is 934. The van der Waals surface area contributed by atoms with Gasteiger partial charge in [0, 0.05) is 37.8 Å². The van der Waals surface area contributed by atoms with Crippen LogP contribution in [0.25, 0.3) is 0 Å². The average molecular weight is 390 g/mol. The van der Waals surface area contributed by atoms with Gasteiger partial charge < -0.3 is 5.32 Å². The Balaban J connectivity index is 1.80. The largest absolute Gasteiger partial charge is 0.379 e. The van der Waals surface area contributed by atoms with E-state index in [0.717, 1.165) is 19.2 Å². The molecule has 0 bridgehead atoms. The molecule has 1 heterocycles. The number of likely N-dealkylation sites (tertiary alicyclic amines) is 1. The standard InChI is InChI=1S/C18H22N4O4S/c1-13-10-21(11-14-5-3-2-4-6-14)12-17(13)20-16-9-15(22(23)24)7-8-18(16)27(19,25)26/h2-9,13,17,20H,10-12H2,1H3,(H2,19,25,26). The van der Waals surface area contributed by atoms with Crippen LogP contribution in [0.4, 0.5) is 11.4 Å². The first-order chi connectivity index (χ1) is 12.7. The van der Waals surface area contributed by atoms with Crippen LogP contribution in [0.1, 0.15) is 12.5 Å². The summed E-state index contributed by atoms with van der Waals surface area (Å²) in [5.41, 5.74) is 1.19. The second kappa shape index (κ2) is 7.63. The summed E-state index contributed by atoms with van der Waals surface area (Å²) in [4.78, 5) is 12.6. The monoisotopic (exact) mass is 390 g/mol. The first kappa shape index (κ1) is 19.3. The van der Waals surface area contributed by atoms with Crippen LogP contribution < -0.4 is 10.5 Å². The Hall–Kier alpha value is -2.49. The number of rotatable bonds is 6. The summed E-state index contributed by atoms with van der Waals surface area (Å²) in [5, 5.41) is 19.5. The number of anilines is 1. The van der Waals surface area contributed by atoms with Gasteiger partial charge in [0.2, 0.25) is 10.0 Å². The molecule has 2 unspecified atom stereocenters. The molecule has 144 valence electrons. The van der Waals surface area contributed by atoms with Crippen LogP contribution in [0.3, 0.4) is 0 Å². The molecule has 2 atom stereocenters. The minimum Gasteiger partial charge on any atom is -0.379 e.